The first kappa shape index (κ1) is 19.1. The van der Waals surface area contributed by atoms with E-state index in [1.165, 1.54) is 4.68 Å². The number of carbonyl (C=O) groups excluding carboxylic acids is 1. The van der Waals surface area contributed by atoms with E-state index in [-0.39, 0.29) is 17.2 Å². The van der Waals surface area contributed by atoms with Crippen LogP contribution in [0.3, 0.4) is 0 Å². The lowest BCUT2D eigenvalue weighted by Crippen LogP contribution is -2.36. The molecule has 0 radical (unpaired) electrons. The van der Waals surface area contributed by atoms with Crippen molar-refractivity contribution in [3.05, 3.63) is 70.1 Å². The van der Waals surface area contributed by atoms with Gasteiger partial charge in [0.05, 0.1) is 19.2 Å². The summed E-state index contributed by atoms with van der Waals surface area (Å²) in [6, 6.07) is 15.5. The summed E-state index contributed by atoms with van der Waals surface area (Å²) < 4.78 is 6.64. The third-order valence-electron chi connectivity index (χ3n) is 5.23. The van der Waals surface area contributed by atoms with Crippen LogP contribution in [0.25, 0.3) is 10.8 Å². The van der Waals surface area contributed by atoms with Gasteiger partial charge in [-0.1, -0.05) is 30.3 Å². The van der Waals surface area contributed by atoms with Crippen molar-refractivity contribution in [2.45, 2.75) is 32.1 Å². The molecule has 0 saturated heterocycles. The predicted octanol–water partition coefficient (Wildman–Crippen LogP) is 2.39. The Kier molecular flexibility index (Phi) is 5.31. The fourth-order valence-electron chi connectivity index (χ4n) is 3.49. The highest BCUT2D eigenvalue weighted by atomic mass is 16.5. The van der Waals surface area contributed by atoms with Crippen molar-refractivity contribution in [2.24, 2.45) is 0 Å². The van der Waals surface area contributed by atoms with Gasteiger partial charge in [0.2, 0.25) is 0 Å². The molecule has 4 rings (SSSR count). The summed E-state index contributed by atoms with van der Waals surface area (Å²) in [5, 5.41) is 8.11. The molecule has 2 aromatic carbocycles. The van der Waals surface area contributed by atoms with Crippen LogP contribution in [0.15, 0.2) is 53.3 Å². The van der Waals surface area contributed by atoms with E-state index >= 15 is 0 Å². The SMILES string of the molecule is CNC(=O)c1nn(CN(Cc2ccc(OC)cc2)C2CC2)c(=O)c2ccccc12. The number of hydrogen-bond acceptors (Lipinski definition) is 5. The Morgan fingerprint density at radius 1 is 1.17 bits per heavy atom. The predicted molar refractivity (Wildman–Crippen MR) is 111 cm³/mol. The van der Waals surface area contributed by atoms with Crippen molar-refractivity contribution < 1.29 is 9.53 Å². The van der Waals surface area contributed by atoms with E-state index in [2.05, 4.69) is 15.3 Å². The van der Waals surface area contributed by atoms with Crippen LogP contribution in [0.4, 0.5) is 0 Å². The number of methoxy groups -OCH3 is 1. The topological polar surface area (TPSA) is 76.5 Å². The number of benzene rings is 2. The second-order valence-corrected chi connectivity index (χ2v) is 7.25. The van der Waals surface area contributed by atoms with Crippen molar-refractivity contribution in [2.75, 3.05) is 14.2 Å². The molecule has 0 atom stereocenters. The zero-order valence-corrected chi connectivity index (χ0v) is 16.6. The van der Waals surface area contributed by atoms with Gasteiger partial charge in [-0.3, -0.25) is 14.5 Å². The second kappa shape index (κ2) is 8.05. The highest BCUT2D eigenvalue weighted by molar-refractivity contribution is 6.04. The lowest BCUT2D eigenvalue weighted by molar-refractivity contribution is 0.0955. The number of fused-ring (bicyclic) bond motifs is 1. The summed E-state index contributed by atoms with van der Waals surface area (Å²) in [6.45, 7) is 1.04. The number of nitrogens with one attached hydrogen (secondary N) is 1. The number of rotatable bonds is 7. The van der Waals surface area contributed by atoms with Crippen LogP contribution in [0.5, 0.6) is 5.75 Å². The maximum atomic E-state index is 13.0. The molecule has 1 N–H and O–H groups in total. The Labute approximate surface area is 168 Å². The summed E-state index contributed by atoms with van der Waals surface area (Å²) in [6.07, 6.45) is 2.20. The Hall–Kier alpha value is -3.19. The van der Waals surface area contributed by atoms with E-state index in [4.69, 9.17) is 4.74 Å². The first-order chi connectivity index (χ1) is 14.1. The molecule has 150 valence electrons. The number of carbonyl (C=O) groups is 1. The monoisotopic (exact) mass is 392 g/mol. The van der Waals surface area contributed by atoms with Gasteiger partial charge >= 0.3 is 0 Å². The van der Waals surface area contributed by atoms with Crippen molar-refractivity contribution in [3.8, 4) is 5.75 Å². The Balaban J connectivity index is 1.68. The molecule has 1 heterocycles. The first-order valence-electron chi connectivity index (χ1n) is 9.69. The minimum Gasteiger partial charge on any atom is -0.497 e. The van der Waals surface area contributed by atoms with Crippen molar-refractivity contribution in [1.82, 2.24) is 20.0 Å². The van der Waals surface area contributed by atoms with Gasteiger partial charge in [0.15, 0.2) is 5.69 Å². The van der Waals surface area contributed by atoms with Crippen LogP contribution in [0, 0.1) is 0 Å². The minimum absolute atomic E-state index is 0.186. The van der Waals surface area contributed by atoms with E-state index in [9.17, 15) is 9.59 Å². The van der Waals surface area contributed by atoms with Crippen LogP contribution in [0.2, 0.25) is 0 Å². The van der Waals surface area contributed by atoms with E-state index < -0.39 is 0 Å². The Morgan fingerprint density at radius 3 is 2.48 bits per heavy atom. The van der Waals surface area contributed by atoms with Crippen LogP contribution < -0.4 is 15.6 Å². The molecule has 7 nitrogen and oxygen atoms in total. The van der Waals surface area contributed by atoms with Gasteiger partial charge in [-0.05, 0) is 36.6 Å². The smallest absolute Gasteiger partial charge is 0.275 e. The van der Waals surface area contributed by atoms with Gasteiger partial charge in [0.1, 0.15) is 5.75 Å². The molecule has 1 fully saturated rings. The van der Waals surface area contributed by atoms with Crippen molar-refractivity contribution >= 4 is 16.7 Å². The molecular weight excluding hydrogens is 368 g/mol. The molecule has 1 amide bonds. The summed E-state index contributed by atoms with van der Waals surface area (Å²) in [4.78, 5) is 27.6. The van der Waals surface area contributed by atoms with Gasteiger partial charge in [0.25, 0.3) is 11.5 Å². The molecule has 0 bridgehead atoms. The third kappa shape index (κ3) is 4.00. The van der Waals surface area contributed by atoms with E-state index in [1.54, 1.807) is 38.4 Å². The molecule has 1 aromatic heterocycles. The highest BCUT2D eigenvalue weighted by Crippen LogP contribution is 2.29. The average Bonchev–Trinajstić information content (AvgIpc) is 3.60. The average molecular weight is 392 g/mol. The third-order valence-corrected chi connectivity index (χ3v) is 5.23. The number of nitrogens with zero attached hydrogens (tertiary/aromatic N) is 3. The molecule has 29 heavy (non-hydrogen) atoms. The zero-order chi connectivity index (χ0) is 20.4. The van der Waals surface area contributed by atoms with Crippen LogP contribution in [-0.2, 0) is 13.2 Å². The fraction of sp³-hybridized carbons (Fsp3) is 0.318. The molecule has 7 heteroatoms. The molecule has 1 saturated carbocycles. The first-order valence-corrected chi connectivity index (χ1v) is 9.69. The quantitative estimate of drug-likeness (QED) is 0.668. The van der Waals surface area contributed by atoms with Gasteiger partial charge in [-0.15, -0.1) is 0 Å². The van der Waals surface area contributed by atoms with Crippen molar-refractivity contribution in [1.29, 1.82) is 0 Å². The van der Waals surface area contributed by atoms with Crippen LogP contribution in [-0.4, -0.2) is 40.8 Å². The van der Waals surface area contributed by atoms with Crippen molar-refractivity contribution in [3.63, 3.8) is 0 Å². The maximum absolute atomic E-state index is 13.0. The minimum atomic E-state index is -0.303. The van der Waals surface area contributed by atoms with E-state index in [0.29, 0.717) is 30.0 Å². The van der Waals surface area contributed by atoms with Gasteiger partial charge in [0, 0.05) is 25.0 Å². The zero-order valence-electron chi connectivity index (χ0n) is 16.6. The lowest BCUT2D eigenvalue weighted by Gasteiger charge is -2.23. The summed E-state index contributed by atoms with van der Waals surface area (Å²) in [5.74, 6) is 0.512. The number of amides is 1. The maximum Gasteiger partial charge on any atom is 0.275 e. The largest absolute Gasteiger partial charge is 0.497 e. The fourth-order valence-corrected chi connectivity index (χ4v) is 3.49. The van der Waals surface area contributed by atoms with Crippen LogP contribution >= 0.6 is 0 Å². The second-order valence-electron chi connectivity index (χ2n) is 7.25. The van der Waals surface area contributed by atoms with E-state index in [1.807, 2.05) is 24.3 Å². The molecule has 3 aromatic rings. The van der Waals surface area contributed by atoms with E-state index in [0.717, 1.165) is 24.2 Å². The number of hydrogen-bond donors (Lipinski definition) is 1. The molecule has 0 unspecified atom stereocenters. The standard InChI is InChI=1S/C22H24N4O3/c1-23-21(27)20-18-5-3-4-6-19(18)22(28)26(24-20)14-25(16-9-10-16)13-15-7-11-17(29-2)12-8-15/h3-8,11-12,16H,9-10,13-14H2,1-2H3,(H,23,27). The normalized spacial score (nSPS) is 13.6. The molecule has 0 spiro atoms. The highest BCUT2D eigenvalue weighted by Gasteiger charge is 2.30. The number of aromatic nitrogens is 2. The summed E-state index contributed by atoms with van der Waals surface area (Å²) >= 11 is 0. The molecule has 0 aliphatic heterocycles. The lowest BCUT2D eigenvalue weighted by atomic mass is 10.1. The molecule has 1 aliphatic carbocycles. The van der Waals surface area contributed by atoms with Gasteiger partial charge < -0.3 is 10.1 Å². The van der Waals surface area contributed by atoms with Gasteiger partial charge in [-0.2, -0.15) is 5.10 Å². The summed E-state index contributed by atoms with van der Waals surface area (Å²) in [7, 11) is 3.21. The molecular formula is C22H24N4O3. The van der Waals surface area contributed by atoms with Crippen LogP contribution in [0.1, 0.15) is 28.9 Å². The Bertz CT molecular complexity index is 1090. The number of ether oxygens (including phenoxy) is 1. The summed E-state index contributed by atoms with van der Waals surface area (Å²) in [5.41, 5.74) is 1.22. The van der Waals surface area contributed by atoms with Gasteiger partial charge in [-0.25, -0.2) is 4.68 Å². The Morgan fingerprint density at radius 2 is 1.86 bits per heavy atom. The molecule has 1 aliphatic rings.